The van der Waals surface area contributed by atoms with Crippen molar-refractivity contribution in [1.29, 1.82) is 0 Å². The van der Waals surface area contributed by atoms with Gasteiger partial charge < -0.3 is 9.67 Å². The van der Waals surface area contributed by atoms with E-state index in [1.165, 1.54) is 19.3 Å². The smallest absolute Gasteiger partial charge is 0.335 e. The maximum atomic E-state index is 11.6. The molecule has 2 heterocycles. The van der Waals surface area contributed by atoms with Crippen LogP contribution < -0.4 is 0 Å². The Balaban J connectivity index is 1.47. The van der Waals surface area contributed by atoms with Gasteiger partial charge in [0, 0.05) is 27.0 Å². The van der Waals surface area contributed by atoms with Crippen LogP contribution in [0.2, 0.25) is 0 Å². The Hall–Kier alpha value is -3.51. The minimum absolute atomic E-state index is 0.264. The van der Waals surface area contributed by atoms with Gasteiger partial charge in [0.05, 0.1) is 27.8 Å². The van der Waals surface area contributed by atoms with Crippen LogP contribution >= 0.6 is 15.9 Å². The number of hydrogen-bond acceptors (Lipinski definition) is 3. The first-order chi connectivity index (χ1) is 17.1. The molecule has 3 aromatic carbocycles. The zero-order valence-electron chi connectivity index (χ0n) is 19.1. The Kier molecular flexibility index (Phi) is 5.61. The molecule has 0 amide bonds. The van der Waals surface area contributed by atoms with Crippen LogP contribution in [0, 0.1) is 0 Å². The summed E-state index contributed by atoms with van der Waals surface area (Å²) in [7, 11) is 0. The first-order valence-corrected chi connectivity index (χ1v) is 12.8. The number of halogens is 1. The molecule has 1 fully saturated rings. The maximum absolute atomic E-state index is 11.6. The molecule has 0 radical (unpaired) electrons. The van der Waals surface area contributed by atoms with E-state index in [-0.39, 0.29) is 5.56 Å². The average molecular weight is 526 g/mol. The lowest BCUT2D eigenvalue weighted by atomic mass is 9.94. The number of carboxylic acid groups (broad SMARTS) is 1. The van der Waals surface area contributed by atoms with Crippen LogP contribution in [0.15, 0.2) is 77.3 Å². The highest BCUT2D eigenvalue weighted by molar-refractivity contribution is 9.10. The third-order valence-corrected chi connectivity index (χ3v) is 7.44. The molecule has 174 valence electrons. The number of aromatic nitrogens is 3. The van der Waals surface area contributed by atoms with Gasteiger partial charge in [-0.25, -0.2) is 14.8 Å². The van der Waals surface area contributed by atoms with E-state index in [4.69, 9.17) is 9.97 Å². The Bertz CT molecular complexity index is 1580. The first-order valence-electron chi connectivity index (χ1n) is 12.0. The normalized spacial score (nSPS) is 14.5. The Morgan fingerprint density at radius 3 is 2.51 bits per heavy atom. The minimum Gasteiger partial charge on any atom is -0.478 e. The van der Waals surface area contributed by atoms with Crippen molar-refractivity contribution >= 4 is 43.8 Å². The molecule has 1 N–H and O–H groups in total. The number of benzene rings is 3. The van der Waals surface area contributed by atoms with E-state index in [1.807, 2.05) is 18.2 Å². The standard InChI is InChI=1S/C29H24BrN3O2/c30-22-6-4-5-18(16-22)24-12-9-19-15-20(10-13-25(19)31-24)28-32-26-17-21(29(34)35)11-14-27(26)33(28)23-7-2-1-3-8-23/h4-6,9-17,23H,1-3,7-8H2,(H,34,35). The highest BCUT2D eigenvalue weighted by Gasteiger charge is 2.23. The predicted octanol–water partition coefficient (Wildman–Crippen LogP) is 7.88. The summed E-state index contributed by atoms with van der Waals surface area (Å²) in [6.07, 6.45) is 5.91. The molecule has 0 saturated heterocycles. The summed E-state index contributed by atoms with van der Waals surface area (Å²) in [5, 5.41) is 10.5. The summed E-state index contributed by atoms with van der Waals surface area (Å²) in [6.45, 7) is 0. The van der Waals surface area contributed by atoms with E-state index in [2.05, 4.69) is 63.0 Å². The number of pyridine rings is 1. The Morgan fingerprint density at radius 2 is 1.71 bits per heavy atom. The number of aromatic carboxylic acids is 1. The molecule has 6 rings (SSSR count). The van der Waals surface area contributed by atoms with E-state index in [0.29, 0.717) is 6.04 Å². The van der Waals surface area contributed by atoms with Gasteiger partial charge in [-0.05, 0) is 67.4 Å². The summed E-state index contributed by atoms with van der Waals surface area (Å²) in [6, 6.07) is 24.2. The van der Waals surface area contributed by atoms with Gasteiger partial charge in [-0.3, -0.25) is 0 Å². The van der Waals surface area contributed by atoms with Crippen molar-refractivity contribution in [1.82, 2.24) is 14.5 Å². The van der Waals surface area contributed by atoms with Gasteiger partial charge >= 0.3 is 5.97 Å². The third-order valence-electron chi connectivity index (χ3n) is 6.94. The molecule has 0 aliphatic heterocycles. The van der Waals surface area contributed by atoms with Crippen molar-refractivity contribution in [3.05, 3.63) is 82.8 Å². The molecule has 2 aromatic heterocycles. The zero-order chi connectivity index (χ0) is 23.9. The second-order valence-electron chi connectivity index (χ2n) is 9.22. The maximum Gasteiger partial charge on any atom is 0.335 e. The number of rotatable bonds is 4. The van der Waals surface area contributed by atoms with E-state index < -0.39 is 5.97 Å². The van der Waals surface area contributed by atoms with Crippen LogP contribution in [0.3, 0.4) is 0 Å². The molecule has 1 aliphatic rings. The SMILES string of the molecule is O=C(O)c1ccc2c(c1)nc(-c1ccc3nc(-c4cccc(Br)c4)ccc3c1)n2C1CCCCC1. The van der Waals surface area contributed by atoms with Crippen LogP contribution in [0.4, 0.5) is 0 Å². The minimum atomic E-state index is -0.932. The van der Waals surface area contributed by atoms with E-state index in [0.717, 1.165) is 61.9 Å². The average Bonchev–Trinajstić information content (AvgIpc) is 3.27. The summed E-state index contributed by atoms with van der Waals surface area (Å²) in [5.41, 5.74) is 5.95. The van der Waals surface area contributed by atoms with Gasteiger partial charge in [0.2, 0.25) is 0 Å². The van der Waals surface area contributed by atoms with Crippen LogP contribution in [0.25, 0.3) is 44.6 Å². The van der Waals surface area contributed by atoms with Crippen molar-refractivity contribution in [3.8, 4) is 22.6 Å². The van der Waals surface area contributed by atoms with Crippen LogP contribution in [-0.2, 0) is 0 Å². The van der Waals surface area contributed by atoms with Crippen molar-refractivity contribution in [2.24, 2.45) is 0 Å². The number of fused-ring (bicyclic) bond motifs is 2. The molecule has 1 aliphatic carbocycles. The van der Waals surface area contributed by atoms with Gasteiger partial charge in [-0.1, -0.05) is 53.4 Å². The molecule has 35 heavy (non-hydrogen) atoms. The van der Waals surface area contributed by atoms with E-state index in [1.54, 1.807) is 12.1 Å². The molecule has 0 unspecified atom stereocenters. The number of carboxylic acids is 1. The van der Waals surface area contributed by atoms with Crippen molar-refractivity contribution in [2.45, 2.75) is 38.1 Å². The molecular formula is C29H24BrN3O2. The topological polar surface area (TPSA) is 68.0 Å². The number of carbonyl (C=O) groups is 1. The number of nitrogens with zero attached hydrogens (tertiary/aromatic N) is 3. The number of hydrogen-bond donors (Lipinski definition) is 1. The van der Waals surface area contributed by atoms with Gasteiger partial charge in [0.25, 0.3) is 0 Å². The molecule has 0 bridgehead atoms. The molecule has 0 atom stereocenters. The number of imidazole rings is 1. The lowest BCUT2D eigenvalue weighted by Crippen LogP contribution is -2.14. The largest absolute Gasteiger partial charge is 0.478 e. The molecule has 6 heteroatoms. The summed E-state index contributed by atoms with van der Waals surface area (Å²) < 4.78 is 3.37. The molecular weight excluding hydrogens is 502 g/mol. The van der Waals surface area contributed by atoms with E-state index >= 15 is 0 Å². The van der Waals surface area contributed by atoms with Crippen molar-refractivity contribution in [3.63, 3.8) is 0 Å². The van der Waals surface area contributed by atoms with Gasteiger partial charge in [-0.15, -0.1) is 0 Å². The lowest BCUT2D eigenvalue weighted by molar-refractivity contribution is 0.0697. The van der Waals surface area contributed by atoms with Crippen LogP contribution in [-0.4, -0.2) is 25.6 Å². The third kappa shape index (κ3) is 4.12. The summed E-state index contributed by atoms with van der Waals surface area (Å²) >= 11 is 3.54. The molecule has 0 spiro atoms. The fraction of sp³-hybridized carbons (Fsp3) is 0.207. The molecule has 1 saturated carbocycles. The molecule has 5 nitrogen and oxygen atoms in total. The second-order valence-corrected chi connectivity index (χ2v) is 10.1. The Morgan fingerprint density at radius 1 is 0.857 bits per heavy atom. The summed E-state index contributed by atoms with van der Waals surface area (Å²) in [5.74, 6) is -0.0360. The van der Waals surface area contributed by atoms with Crippen LogP contribution in [0.1, 0.15) is 48.5 Å². The predicted molar refractivity (Wildman–Crippen MR) is 143 cm³/mol. The first kappa shape index (κ1) is 22.0. The monoisotopic (exact) mass is 525 g/mol. The second kappa shape index (κ2) is 8.93. The highest BCUT2D eigenvalue weighted by Crippen LogP contribution is 2.37. The van der Waals surface area contributed by atoms with Crippen LogP contribution in [0.5, 0.6) is 0 Å². The quantitative estimate of drug-likeness (QED) is 0.259. The summed E-state index contributed by atoms with van der Waals surface area (Å²) in [4.78, 5) is 21.4. The van der Waals surface area contributed by atoms with Crippen molar-refractivity contribution in [2.75, 3.05) is 0 Å². The fourth-order valence-corrected chi connectivity index (χ4v) is 5.62. The van der Waals surface area contributed by atoms with Gasteiger partial charge in [-0.2, -0.15) is 0 Å². The lowest BCUT2D eigenvalue weighted by Gasteiger charge is -2.25. The van der Waals surface area contributed by atoms with E-state index in [9.17, 15) is 9.90 Å². The molecule has 5 aromatic rings. The Labute approximate surface area is 211 Å². The van der Waals surface area contributed by atoms with Gasteiger partial charge in [0.15, 0.2) is 0 Å². The zero-order valence-corrected chi connectivity index (χ0v) is 20.7. The highest BCUT2D eigenvalue weighted by atomic mass is 79.9. The fourth-order valence-electron chi connectivity index (χ4n) is 5.22. The van der Waals surface area contributed by atoms with Gasteiger partial charge in [0.1, 0.15) is 5.82 Å². The van der Waals surface area contributed by atoms with Crippen molar-refractivity contribution < 1.29 is 9.90 Å².